The predicted molar refractivity (Wildman–Crippen MR) is 101 cm³/mol. The minimum absolute atomic E-state index is 0.101. The summed E-state index contributed by atoms with van der Waals surface area (Å²) >= 11 is 0. The Bertz CT molecular complexity index is 830. The highest BCUT2D eigenvalue weighted by molar-refractivity contribution is 7.89. The van der Waals surface area contributed by atoms with Gasteiger partial charge in [-0.3, -0.25) is 5.10 Å². The van der Waals surface area contributed by atoms with Gasteiger partial charge in [-0.05, 0) is 50.6 Å². The first-order valence-electron chi connectivity index (χ1n) is 8.48. The quantitative estimate of drug-likeness (QED) is 0.562. The zero-order chi connectivity index (χ0) is 19.2. The number of carbonyl (C=O) groups excluding carboxylic acids is 1. The van der Waals surface area contributed by atoms with Crippen molar-refractivity contribution in [3.05, 3.63) is 41.7 Å². The van der Waals surface area contributed by atoms with Gasteiger partial charge in [0.15, 0.2) is 0 Å². The standard InChI is InChI=1S/C17H25N5O3S/c1-4-9-18-26(24,25)16-7-5-14(6-8-16)20-17(23)19-12(2)10-15-11-13(3)21-22-15/h5-8,11-12,18H,4,9-10H2,1-3H3,(H,21,22)(H2,19,20,23)/t12-/m1/s1. The number of carbonyl (C=O) groups is 1. The molecule has 2 aromatic rings. The van der Waals surface area contributed by atoms with Crippen molar-refractivity contribution in [3.63, 3.8) is 0 Å². The van der Waals surface area contributed by atoms with Crippen molar-refractivity contribution < 1.29 is 13.2 Å². The van der Waals surface area contributed by atoms with Crippen molar-refractivity contribution in [3.8, 4) is 0 Å². The topological polar surface area (TPSA) is 116 Å². The zero-order valence-corrected chi connectivity index (χ0v) is 16.0. The van der Waals surface area contributed by atoms with Crippen LogP contribution in [-0.2, 0) is 16.4 Å². The lowest BCUT2D eigenvalue weighted by Crippen LogP contribution is -2.37. The van der Waals surface area contributed by atoms with Crippen molar-refractivity contribution in [1.82, 2.24) is 20.2 Å². The van der Waals surface area contributed by atoms with Crippen LogP contribution in [0.5, 0.6) is 0 Å². The third-order valence-corrected chi connectivity index (χ3v) is 5.09. The molecule has 0 aliphatic rings. The predicted octanol–water partition coefficient (Wildman–Crippen LogP) is 2.16. The number of aromatic amines is 1. The first-order chi connectivity index (χ1) is 12.3. The molecule has 0 unspecified atom stereocenters. The van der Waals surface area contributed by atoms with E-state index in [4.69, 9.17) is 0 Å². The molecule has 0 fully saturated rings. The largest absolute Gasteiger partial charge is 0.335 e. The molecule has 0 saturated heterocycles. The van der Waals surface area contributed by atoms with E-state index in [2.05, 4.69) is 25.6 Å². The maximum atomic E-state index is 12.1. The van der Waals surface area contributed by atoms with Gasteiger partial charge < -0.3 is 10.6 Å². The van der Waals surface area contributed by atoms with Gasteiger partial charge in [-0.2, -0.15) is 5.10 Å². The van der Waals surface area contributed by atoms with E-state index >= 15 is 0 Å². The van der Waals surface area contributed by atoms with Gasteiger partial charge in [-0.15, -0.1) is 0 Å². The fourth-order valence-corrected chi connectivity index (χ4v) is 3.51. The van der Waals surface area contributed by atoms with Crippen LogP contribution in [-0.4, -0.2) is 37.2 Å². The normalized spacial score (nSPS) is 12.6. The average molecular weight is 379 g/mol. The van der Waals surface area contributed by atoms with E-state index in [1.165, 1.54) is 12.1 Å². The van der Waals surface area contributed by atoms with E-state index in [1.54, 1.807) is 12.1 Å². The summed E-state index contributed by atoms with van der Waals surface area (Å²) in [5, 5.41) is 12.5. The van der Waals surface area contributed by atoms with E-state index < -0.39 is 10.0 Å². The third-order valence-electron chi connectivity index (χ3n) is 3.62. The number of rotatable bonds is 8. The summed E-state index contributed by atoms with van der Waals surface area (Å²) in [6, 6.07) is 7.51. The fourth-order valence-electron chi connectivity index (χ4n) is 2.37. The molecule has 0 saturated carbocycles. The fraction of sp³-hybridized carbons (Fsp3) is 0.412. The number of hydrogen-bond donors (Lipinski definition) is 4. The Labute approximate surface area is 153 Å². The van der Waals surface area contributed by atoms with Crippen LogP contribution in [0.1, 0.15) is 31.7 Å². The number of aromatic nitrogens is 2. The summed E-state index contributed by atoms with van der Waals surface area (Å²) < 4.78 is 26.6. The van der Waals surface area contributed by atoms with Crippen LogP contribution in [0, 0.1) is 6.92 Å². The summed E-state index contributed by atoms with van der Waals surface area (Å²) in [6.07, 6.45) is 1.33. The third kappa shape index (κ3) is 5.85. The smallest absolute Gasteiger partial charge is 0.319 e. The van der Waals surface area contributed by atoms with E-state index in [1.807, 2.05) is 26.8 Å². The molecule has 8 nitrogen and oxygen atoms in total. The Morgan fingerprint density at radius 1 is 1.27 bits per heavy atom. The Kier molecular flexibility index (Phi) is 6.76. The molecule has 2 amide bonds. The minimum Gasteiger partial charge on any atom is -0.335 e. The molecular formula is C17H25N5O3S. The Hall–Kier alpha value is -2.39. The lowest BCUT2D eigenvalue weighted by molar-refractivity contribution is 0.249. The lowest BCUT2D eigenvalue weighted by Gasteiger charge is -2.14. The molecule has 2 rings (SSSR count). The molecule has 1 heterocycles. The van der Waals surface area contributed by atoms with Gasteiger partial charge in [0.05, 0.1) is 10.6 Å². The highest BCUT2D eigenvalue weighted by Gasteiger charge is 2.14. The lowest BCUT2D eigenvalue weighted by atomic mass is 10.2. The second-order valence-electron chi connectivity index (χ2n) is 6.17. The van der Waals surface area contributed by atoms with Crippen LogP contribution in [0.3, 0.4) is 0 Å². The zero-order valence-electron chi connectivity index (χ0n) is 15.2. The Morgan fingerprint density at radius 2 is 1.96 bits per heavy atom. The monoisotopic (exact) mass is 379 g/mol. The van der Waals surface area contributed by atoms with Crippen molar-refractivity contribution in [1.29, 1.82) is 0 Å². The van der Waals surface area contributed by atoms with Crippen LogP contribution in [0.15, 0.2) is 35.2 Å². The Morgan fingerprint density at radius 3 is 2.54 bits per heavy atom. The number of benzene rings is 1. The van der Waals surface area contributed by atoms with Gasteiger partial charge in [0.2, 0.25) is 10.0 Å². The summed E-state index contributed by atoms with van der Waals surface area (Å²) in [4.78, 5) is 12.2. The highest BCUT2D eigenvalue weighted by Crippen LogP contribution is 2.14. The molecule has 142 valence electrons. The van der Waals surface area contributed by atoms with Gasteiger partial charge >= 0.3 is 6.03 Å². The molecule has 0 bridgehead atoms. The van der Waals surface area contributed by atoms with Crippen molar-refractivity contribution in [2.75, 3.05) is 11.9 Å². The number of aryl methyl sites for hydroxylation is 1. The number of nitrogens with one attached hydrogen (secondary N) is 4. The molecule has 0 aliphatic carbocycles. The van der Waals surface area contributed by atoms with Gasteiger partial charge in [0.25, 0.3) is 0 Å². The molecule has 26 heavy (non-hydrogen) atoms. The van der Waals surface area contributed by atoms with Gasteiger partial charge in [0, 0.05) is 30.4 Å². The minimum atomic E-state index is -3.51. The maximum absolute atomic E-state index is 12.1. The molecule has 9 heteroatoms. The van der Waals surface area contributed by atoms with Crippen LogP contribution >= 0.6 is 0 Å². The molecule has 1 aromatic carbocycles. The van der Waals surface area contributed by atoms with E-state index in [0.29, 0.717) is 18.7 Å². The van der Waals surface area contributed by atoms with E-state index in [9.17, 15) is 13.2 Å². The number of urea groups is 1. The highest BCUT2D eigenvalue weighted by atomic mass is 32.2. The number of anilines is 1. The maximum Gasteiger partial charge on any atom is 0.319 e. The molecule has 0 aliphatic heterocycles. The number of sulfonamides is 1. The van der Waals surface area contributed by atoms with Crippen LogP contribution in [0.4, 0.5) is 10.5 Å². The van der Waals surface area contributed by atoms with Gasteiger partial charge in [0.1, 0.15) is 0 Å². The second kappa shape index (κ2) is 8.81. The number of H-pyrrole nitrogens is 1. The summed E-state index contributed by atoms with van der Waals surface area (Å²) in [5.74, 6) is 0. The van der Waals surface area contributed by atoms with Crippen molar-refractivity contribution in [2.24, 2.45) is 0 Å². The number of amides is 2. The second-order valence-corrected chi connectivity index (χ2v) is 7.94. The summed E-state index contributed by atoms with van der Waals surface area (Å²) in [7, 11) is -3.51. The summed E-state index contributed by atoms with van der Waals surface area (Å²) in [6.45, 7) is 6.09. The van der Waals surface area contributed by atoms with Gasteiger partial charge in [-0.25, -0.2) is 17.9 Å². The average Bonchev–Trinajstić information content (AvgIpc) is 2.98. The van der Waals surface area contributed by atoms with Crippen LogP contribution in [0.2, 0.25) is 0 Å². The summed E-state index contributed by atoms with van der Waals surface area (Å²) in [5.41, 5.74) is 2.37. The first kappa shape index (κ1) is 19.9. The molecular weight excluding hydrogens is 354 g/mol. The van der Waals surface area contributed by atoms with Crippen molar-refractivity contribution >= 4 is 21.7 Å². The Balaban J connectivity index is 1.88. The van der Waals surface area contributed by atoms with Crippen LogP contribution < -0.4 is 15.4 Å². The first-order valence-corrected chi connectivity index (χ1v) is 9.96. The van der Waals surface area contributed by atoms with Crippen LogP contribution in [0.25, 0.3) is 0 Å². The SMILES string of the molecule is CCCNS(=O)(=O)c1ccc(NC(=O)N[C@H](C)Cc2cc(C)[nH]n2)cc1. The molecule has 1 aromatic heterocycles. The van der Waals surface area contributed by atoms with E-state index in [-0.39, 0.29) is 17.0 Å². The molecule has 4 N–H and O–H groups in total. The van der Waals surface area contributed by atoms with E-state index in [0.717, 1.165) is 17.8 Å². The molecule has 1 atom stereocenters. The van der Waals surface area contributed by atoms with Crippen molar-refractivity contribution in [2.45, 2.75) is 44.6 Å². The number of hydrogen-bond acceptors (Lipinski definition) is 4. The van der Waals surface area contributed by atoms with Gasteiger partial charge in [-0.1, -0.05) is 6.92 Å². The molecule has 0 spiro atoms. The number of nitrogens with zero attached hydrogens (tertiary/aromatic N) is 1. The molecule has 0 radical (unpaired) electrons.